The van der Waals surface area contributed by atoms with Gasteiger partial charge in [-0.1, -0.05) is 17.7 Å². The van der Waals surface area contributed by atoms with Crippen LogP contribution in [0.1, 0.15) is 22.0 Å². The molecule has 7 nitrogen and oxygen atoms in total. The maximum absolute atomic E-state index is 12.9. The lowest BCUT2D eigenvalue weighted by Crippen LogP contribution is -2.43. The van der Waals surface area contributed by atoms with Gasteiger partial charge in [-0.15, -0.1) is 0 Å². The number of hydrogen-bond acceptors (Lipinski definition) is 5. The summed E-state index contributed by atoms with van der Waals surface area (Å²) in [6, 6.07) is 9.28. The van der Waals surface area contributed by atoms with E-state index in [1.54, 1.807) is 19.4 Å². The molecular weight excluding hydrogens is 392 g/mol. The van der Waals surface area contributed by atoms with E-state index in [2.05, 4.69) is 20.2 Å². The molecule has 1 unspecified atom stereocenters. The van der Waals surface area contributed by atoms with Crippen LogP contribution >= 0.6 is 11.6 Å². The predicted molar refractivity (Wildman–Crippen MR) is 112 cm³/mol. The van der Waals surface area contributed by atoms with E-state index in [-0.39, 0.29) is 11.9 Å². The first kappa shape index (κ1) is 19.7. The van der Waals surface area contributed by atoms with E-state index in [9.17, 15) is 4.79 Å². The number of aromatic nitrogens is 2. The summed E-state index contributed by atoms with van der Waals surface area (Å²) < 4.78 is 10.6. The molecule has 1 aliphatic rings. The van der Waals surface area contributed by atoms with Gasteiger partial charge >= 0.3 is 0 Å². The molecule has 1 atom stereocenters. The number of carbonyl (C=O) groups excluding carboxylic acids is 1. The molecule has 0 bridgehead atoms. The van der Waals surface area contributed by atoms with Gasteiger partial charge < -0.3 is 19.8 Å². The lowest BCUT2D eigenvalue weighted by atomic mass is 10.1. The first-order valence-corrected chi connectivity index (χ1v) is 9.90. The van der Waals surface area contributed by atoms with Crippen LogP contribution in [0.4, 0.5) is 0 Å². The molecule has 1 saturated heterocycles. The zero-order valence-electron chi connectivity index (χ0n) is 16.2. The molecule has 0 radical (unpaired) electrons. The maximum Gasteiger partial charge on any atom is 0.252 e. The van der Waals surface area contributed by atoms with Gasteiger partial charge in [-0.3, -0.25) is 9.69 Å². The number of aromatic amines is 1. The number of halogens is 1. The minimum absolute atomic E-state index is 0.0176. The van der Waals surface area contributed by atoms with Crippen molar-refractivity contribution in [2.24, 2.45) is 0 Å². The molecule has 0 saturated carbocycles. The van der Waals surface area contributed by atoms with E-state index < -0.39 is 0 Å². The lowest BCUT2D eigenvalue weighted by molar-refractivity contribution is 0.0161. The number of nitrogens with zero attached hydrogens (tertiary/aromatic N) is 2. The van der Waals surface area contributed by atoms with Crippen LogP contribution in [0, 0.1) is 0 Å². The minimum atomic E-state index is -0.196. The van der Waals surface area contributed by atoms with Crippen LogP contribution in [0.5, 0.6) is 5.88 Å². The van der Waals surface area contributed by atoms with Gasteiger partial charge in [0.2, 0.25) is 5.88 Å². The highest BCUT2D eigenvalue weighted by Crippen LogP contribution is 2.27. The highest BCUT2D eigenvalue weighted by molar-refractivity contribution is 6.38. The summed E-state index contributed by atoms with van der Waals surface area (Å²) in [7, 11) is 1.59. The number of H-pyrrole nitrogens is 1. The SMILES string of the molecule is COc1ccc(C(CNC(=O)c2ccc3[nH]ccc3c2Cl)N2CCOCC2)cn1. The summed E-state index contributed by atoms with van der Waals surface area (Å²) in [5, 5.41) is 4.34. The van der Waals surface area contributed by atoms with Gasteiger partial charge in [0, 0.05) is 49.0 Å². The third-order valence-corrected chi connectivity index (χ3v) is 5.62. The van der Waals surface area contributed by atoms with Crippen LogP contribution in [-0.4, -0.2) is 60.7 Å². The van der Waals surface area contributed by atoms with Crippen molar-refractivity contribution in [1.29, 1.82) is 0 Å². The van der Waals surface area contributed by atoms with Crippen molar-refractivity contribution in [3.63, 3.8) is 0 Å². The van der Waals surface area contributed by atoms with Gasteiger partial charge in [-0.25, -0.2) is 4.98 Å². The van der Waals surface area contributed by atoms with E-state index in [0.29, 0.717) is 36.2 Å². The quantitative estimate of drug-likeness (QED) is 0.648. The Morgan fingerprint density at radius 1 is 1.31 bits per heavy atom. The largest absolute Gasteiger partial charge is 0.481 e. The van der Waals surface area contributed by atoms with E-state index in [4.69, 9.17) is 21.1 Å². The van der Waals surface area contributed by atoms with Crippen molar-refractivity contribution < 1.29 is 14.3 Å². The average Bonchev–Trinajstić information content (AvgIpc) is 3.25. The number of benzene rings is 1. The third kappa shape index (κ3) is 4.22. The smallest absolute Gasteiger partial charge is 0.252 e. The molecule has 1 aromatic carbocycles. The summed E-state index contributed by atoms with van der Waals surface area (Å²) in [6.45, 7) is 3.37. The number of carbonyl (C=O) groups is 1. The summed E-state index contributed by atoms with van der Waals surface area (Å²) in [6.07, 6.45) is 3.60. The van der Waals surface area contributed by atoms with Crippen molar-refractivity contribution >= 4 is 28.4 Å². The Labute approximate surface area is 174 Å². The Kier molecular flexibility index (Phi) is 5.99. The summed E-state index contributed by atoms with van der Waals surface area (Å²) in [4.78, 5) is 22.6. The molecule has 8 heteroatoms. The summed E-state index contributed by atoms with van der Waals surface area (Å²) in [5.74, 6) is 0.364. The fourth-order valence-corrected chi connectivity index (χ4v) is 3.93. The molecule has 2 N–H and O–H groups in total. The fourth-order valence-electron chi connectivity index (χ4n) is 3.61. The minimum Gasteiger partial charge on any atom is -0.481 e. The Morgan fingerprint density at radius 2 is 2.14 bits per heavy atom. The van der Waals surface area contributed by atoms with Crippen LogP contribution in [0.15, 0.2) is 42.7 Å². The zero-order valence-corrected chi connectivity index (χ0v) is 16.9. The van der Waals surface area contributed by atoms with Gasteiger partial charge in [0.1, 0.15) is 0 Å². The highest BCUT2D eigenvalue weighted by atomic mass is 35.5. The van der Waals surface area contributed by atoms with Crippen molar-refractivity contribution in [1.82, 2.24) is 20.2 Å². The van der Waals surface area contributed by atoms with Crippen molar-refractivity contribution in [2.75, 3.05) is 40.0 Å². The van der Waals surface area contributed by atoms with Crippen molar-refractivity contribution in [3.8, 4) is 5.88 Å². The predicted octanol–water partition coefficient (Wildman–Crippen LogP) is 3.03. The van der Waals surface area contributed by atoms with Crippen molar-refractivity contribution in [3.05, 3.63) is 58.9 Å². The van der Waals surface area contributed by atoms with Gasteiger partial charge in [0.15, 0.2) is 0 Å². The van der Waals surface area contributed by atoms with Crippen LogP contribution < -0.4 is 10.1 Å². The van der Waals surface area contributed by atoms with E-state index >= 15 is 0 Å². The van der Waals surface area contributed by atoms with Crippen LogP contribution in [0.3, 0.4) is 0 Å². The molecule has 152 valence electrons. The first-order valence-electron chi connectivity index (χ1n) is 9.53. The van der Waals surface area contributed by atoms with Crippen LogP contribution in [-0.2, 0) is 4.74 Å². The lowest BCUT2D eigenvalue weighted by Gasteiger charge is -2.34. The molecule has 0 spiro atoms. The van der Waals surface area contributed by atoms with Gasteiger partial charge in [0.05, 0.1) is 37.0 Å². The summed E-state index contributed by atoms with van der Waals surface area (Å²) >= 11 is 6.46. The molecule has 29 heavy (non-hydrogen) atoms. The molecule has 1 fully saturated rings. The monoisotopic (exact) mass is 414 g/mol. The fraction of sp³-hybridized carbons (Fsp3) is 0.333. The van der Waals surface area contributed by atoms with E-state index in [1.807, 2.05) is 30.5 Å². The van der Waals surface area contributed by atoms with Crippen molar-refractivity contribution in [2.45, 2.75) is 6.04 Å². The topological polar surface area (TPSA) is 79.5 Å². The van der Waals surface area contributed by atoms with Crippen LogP contribution in [0.2, 0.25) is 5.02 Å². The van der Waals surface area contributed by atoms with Crippen LogP contribution in [0.25, 0.3) is 10.9 Å². The number of rotatable bonds is 6. The number of nitrogens with one attached hydrogen (secondary N) is 2. The molecule has 4 rings (SSSR count). The Balaban J connectivity index is 1.53. The molecule has 1 amide bonds. The second kappa shape index (κ2) is 8.82. The van der Waals surface area contributed by atoms with Gasteiger partial charge in [0.25, 0.3) is 5.91 Å². The maximum atomic E-state index is 12.9. The Bertz CT molecular complexity index is 983. The number of methoxy groups -OCH3 is 1. The van der Waals surface area contributed by atoms with Gasteiger partial charge in [-0.05, 0) is 23.8 Å². The first-order chi connectivity index (χ1) is 14.2. The zero-order chi connectivity index (χ0) is 20.2. The number of fused-ring (bicyclic) bond motifs is 1. The molecule has 3 heterocycles. The third-order valence-electron chi connectivity index (χ3n) is 5.21. The number of morpholine rings is 1. The molecule has 0 aliphatic carbocycles. The van der Waals surface area contributed by atoms with Gasteiger partial charge in [-0.2, -0.15) is 0 Å². The number of pyridine rings is 1. The molecule has 2 aromatic heterocycles. The Morgan fingerprint density at radius 3 is 2.86 bits per heavy atom. The number of hydrogen-bond donors (Lipinski definition) is 2. The second-order valence-corrected chi connectivity index (χ2v) is 7.25. The van der Waals surface area contributed by atoms with E-state index in [1.165, 1.54) is 0 Å². The molecule has 1 aliphatic heterocycles. The average molecular weight is 415 g/mol. The standard InChI is InChI=1S/C21H23ClN4O3/c1-28-19-5-2-14(12-24-19)18(26-8-10-29-11-9-26)13-25-21(27)16-3-4-17-15(20(16)22)6-7-23-17/h2-7,12,18,23H,8-11,13H2,1H3,(H,25,27). The molecule has 3 aromatic rings. The number of ether oxygens (including phenoxy) is 2. The normalized spacial score (nSPS) is 15.9. The molecular formula is C21H23ClN4O3. The van der Waals surface area contributed by atoms with E-state index in [0.717, 1.165) is 29.6 Å². The second-order valence-electron chi connectivity index (χ2n) is 6.87. The summed E-state index contributed by atoms with van der Waals surface area (Å²) in [5.41, 5.74) is 2.38. The Hall–Kier alpha value is -2.61. The highest BCUT2D eigenvalue weighted by Gasteiger charge is 2.24. The number of amides is 1.